The molecule has 0 saturated carbocycles. The predicted molar refractivity (Wildman–Crippen MR) is 59.8 cm³/mol. The minimum absolute atomic E-state index is 0.0705. The summed E-state index contributed by atoms with van der Waals surface area (Å²) in [6, 6.07) is 0.280. The zero-order valence-corrected chi connectivity index (χ0v) is 9.52. The molecule has 1 rings (SSSR count). The van der Waals surface area contributed by atoms with Crippen LogP contribution in [0, 0.1) is 0 Å². The van der Waals surface area contributed by atoms with E-state index in [0.29, 0.717) is 0 Å². The number of nitrogens with zero attached hydrogens (tertiary/aromatic N) is 1. The Balaban J connectivity index is 2.77. The van der Waals surface area contributed by atoms with Crippen LogP contribution in [0.2, 0.25) is 5.02 Å². The summed E-state index contributed by atoms with van der Waals surface area (Å²) < 4.78 is 0. The van der Waals surface area contributed by atoms with Crippen LogP contribution < -0.4 is 5.32 Å². The van der Waals surface area contributed by atoms with Crippen molar-refractivity contribution in [3.8, 4) is 0 Å². The molecule has 6 nitrogen and oxygen atoms in total. The molecule has 0 aliphatic rings. The molecule has 1 amide bonds. The molecule has 17 heavy (non-hydrogen) atoms. The molecular formula is C10H11ClN2O4. The van der Waals surface area contributed by atoms with Gasteiger partial charge in [-0.3, -0.25) is 9.78 Å². The van der Waals surface area contributed by atoms with Crippen molar-refractivity contribution < 1.29 is 19.8 Å². The number of carbonyl (C=O) groups excluding carboxylic acids is 1. The predicted octanol–water partition coefficient (Wildman–Crippen LogP) is 0.300. The maximum atomic E-state index is 11.7. The highest BCUT2D eigenvalue weighted by atomic mass is 35.5. The van der Waals surface area contributed by atoms with Gasteiger partial charge in [0.15, 0.2) is 0 Å². The van der Waals surface area contributed by atoms with E-state index in [1.54, 1.807) is 0 Å². The average molecular weight is 259 g/mol. The fraction of sp³-hybridized carbons (Fsp3) is 0.300. The third-order valence-corrected chi connectivity index (χ3v) is 2.36. The smallest absolute Gasteiger partial charge is 0.326 e. The zero-order valence-electron chi connectivity index (χ0n) is 8.76. The van der Waals surface area contributed by atoms with Crippen LogP contribution in [0.3, 0.4) is 0 Å². The monoisotopic (exact) mass is 258 g/mol. The summed E-state index contributed by atoms with van der Waals surface area (Å²) in [5.41, 5.74) is 0.0957. The summed E-state index contributed by atoms with van der Waals surface area (Å²) in [5, 5.41) is 19.9. The molecule has 0 radical (unpaired) electrons. The van der Waals surface area contributed by atoms with Crippen LogP contribution in [-0.4, -0.2) is 39.7 Å². The molecule has 1 heterocycles. The van der Waals surface area contributed by atoms with Gasteiger partial charge in [0.2, 0.25) is 0 Å². The molecule has 0 spiro atoms. The molecule has 7 heteroatoms. The molecule has 0 aliphatic carbocycles. The van der Waals surface area contributed by atoms with Gasteiger partial charge in [-0.1, -0.05) is 11.6 Å². The van der Waals surface area contributed by atoms with E-state index in [4.69, 9.17) is 21.8 Å². The topological polar surface area (TPSA) is 99.5 Å². The number of aromatic nitrogens is 1. The van der Waals surface area contributed by atoms with Crippen LogP contribution in [0.5, 0.6) is 0 Å². The van der Waals surface area contributed by atoms with Gasteiger partial charge in [-0.15, -0.1) is 0 Å². The number of hydrogen-bond acceptors (Lipinski definition) is 4. The first-order valence-electron chi connectivity index (χ1n) is 4.80. The number of carboxylic acid groups (broad SMARTS) is 1. The number of amides is 1. The van der Waals surface area contributed by atoms with Crippen LogP contribution in [0.15, 0.2) is 18.5 Å². The van der Waals surface area contributed by atoms with Crippen molar-refractivity contribution in [2.75, 3.05) is 6.61 Å². The fourth-order valence-corrected chi connectivity index (χ4v) is 1.36. The molecule has 0 aliphatic heterocycles. The average Bonchev–Trinajstić information content (AvgIpc) is 2.28. The highest BCUT2D eigenvalue weighted by molar-refractivity contribution is 6.33. The van der Waals surface area contributed by atoms with Crippen LogP contribution in [0.25, 0.3) is 0 Å². The third kappa shape index (κ3) is 3.69. The summed E-state index contributed by atoms with van der Waals surface area (Å²) in [7, 11) is 0. The van der Waals surface area contributed by atoms with E-state index in [1.165, 1.54) is 18.5 Å². The number of aliphatic hydroxyl groups is 1. The number of carboxylic acids is 1. The number of nitrogens with one attached hydrogen (secondary N) is 1. The number of aliphatic carboxylic acids is 1. The Hall–Kier alpha value is -1.66. The van der Waals surface area contributed by atoms with Gasteiger partial charge < -0.3 is 15.5 Å². The van der Waals surface area contributed by atoms with E-state index < -0.39 is 17.9 Å². The third-order valence-electron chi connectivity index (χ3n) is 2.03. The van der Waals surface area contributed by atoms with E-state index in [0.717, 1.165) is 0 Å². The highest BCUT2D eigenvalue weighted by Crippen LogP contribution is 2.13. The lowest BCUT2D eigenvalue weighted by molar-refractivity contribution is -0.139. The normalized spacial score (nSPS) is 11.9. The van der Waals surface area contributed by atoms with Crippen molar-refractivity contribution in [3.63, 3.8) is 0 Å². The summed E-state index contributed by atoms with van der Waals surface area (Å²) in [5.74, 6) is -1.85. The SMILES string of the molecule is O=C(N[C@H](CCO)C(=O)O)c1cnccc1Cl. The van der Waals surface area contributed by atoms with Gasteiger partial charge in [0, 0.05) is 25.4 Å². The molecule has 3 N–H and O–H groups in total. The second-order valence-corrected chi connectivity index (χ2v) is 3.64. The van der Waals surface area contributed by atoms with Crippen molar-refractivity contribution >= 4 is 23.5 Å². The molecule has 0 unspecified atom stereocenters. The van der Waals surface area contributed by atoms with Crippen LogP contribution in [-0.2, 0) is 4.79 Å². The second kappa shape index (κ2) is 6.17. The van der Waals surface area contributed by atoms with E-state index in [2.05, 4.69) is 10.3 Å². The van der Waals surface area contributed by atoms with Gasteiger partial charge in [-0.2, -0.15) is 0 Å². The van der Waals surface area contributed by atoms with Gasteiger partial charge >= 0.3 is 5.97 Å². The van der Waals surface area contributed by atoms with Crippen molar-refractivity contribution in [1.82, 2.24) is 10.3 Å². The van der Waals surface area contributed by atoms with Crippen LogP contribution in [0.1, 0.15) is 16.8 Å². The number of rotatable bonds is 5. The number of halogens is 1. The summed E-state index contributed by atoms with van der Waals surface area (Å²) >= 11 is 5.76. The minimum Gasteiger partial charge on any atom is -0.480 e. The molecule has 1 aromatic heterocycles. The number of pyridine rings is 1. The maximum absolute atomic E-state index is 11.7. The second-order valence-electron chi connectivity index (χ2n) is 3.23. The standard InChI is InChI=1S/C10H11ClN2O4/c11-7-1-3-12-5-6(7)9(15)13-8(2-4-14)10(16)17/h1,3,5,8,14H,2,4H2,(H,13,15)(H,16,17)/t8-/m1/s1. The van der Waals surface area contributed by atoms with Crippen molar-refractivity contribution in [2.24, 2.45) is 0 Å². The number of carbonyl (C=O) groups is 2. The molecule has 0 fully saturated rings. The molecule has 0 saturated heterocycles. The van der Waals surface area contributed by atoms with E-state index in [9.17, 15) is 9.59 Å². The first kappa shape index (κ1) is 13.4. The van der Waals surface area contributed by atoms with Gasteiger partial charge in [-0.05, 0) is 6.07 Å². The molecule has 1 atom stereocenters. The van der Waals surface area contributed by atoms with Gasteiger partial charge in [0.25, 0.3) is 5.91 Å². The van der Waals surface area contributed by atoms with Crippen LogP contribution in [0.4, 0.5) is 0 Å². The Morgan fingerprint density at radius 2 is 2.24 bits per heavy atom. The highest BCUT2D eigenvalue weighted by Gasteiger charge is 2.21. The Morgan fingerprint density at radius 1 is 1.53 bits per heavy atom. The van der Waals surface area contributed by atoms with E-state index in [1.807, 2.05) is 0 Å². The molecule has 1 aromatic rings. The van der Waals surface area contributed by atoms with Crippen molar-refractivity contribution in [1.29, 1.82) is 0 Å². The Bertz CT molecular complexity index is 425. The number of hydrogen-bond donors (Lipinski definition) is 3. The van der Waals surface area contributed by atoms with Gasteiger partial charge in [-0.25, -0.2) is 4.79 Å². The molecule has 92 valence electrons. The largest absolute Gasteiger partial charge is 0.480 e. The van der Waals surface area contributed by atoms with Gasteiger partial charge in [0.1, 0.15) is 6.04 Å². The quantitative estimate of drug-likeness (QED) is 0.705. The lowest BCUT2D eigenvalue weighted by atomic mass is 10.2. The van der Waals surface area contributed by atoms with Crippen molar-refractivity contribution in [2.45, 2.75) is 12.5 Å². The Morgan fingerprint density at radius 3 is 2.76 bits per heavy atom. The first-order chi connectivity index (χ1) is 8.06. The Kier molecular flexibility index (Phi) is 4.86. The van der Waals surface area contributed by atoms with Crippen molar-refractivity contribution in [3.05, 3.63) is 29.0 Å². The van der Waals surface area contributed by atoms with E-state index in [-0.39, 0.29) is 23.6 Å². The lowest BCUT2D eigenvalue weighted by Crippen LogP contribution is -2.41. The van der Waals surface area contributed by atoms with Crippen LogP contribution >= 0.6 is 11.6 Å². The molecule has 0 bridgehead atoms. The molecule has 0 aromatic carbocycles. The minimum atomic E-state index is -1.22. The van der Waals surface area contributed by atoms with Gasteiger partial charge in [0.05, 0.1) is 10.6 Å². The first-order valence-corrected chi connectivity index (χ1v) is 5.18. The lowest BCUT2D eigenvalue weighted by Gasteiger charge is -2.13. The fourth-order valence-electron chi connectivity index (χ4n) is 1.17. The number of aliphatic hydroxyl groups excluding tert-OH is 1. The Labute approximate surface area is 102 Å². The van der Waals surface area contributed by atoms with E-state index >= 15 is 0 Å². The maximum Gasteiger partial charge on any atom is 0.326 e. The summed E-state index contributed by atoms with van der Waals surface area (Å²) in [6.45, 7) is -0.335. The summed E-state index contributed by atoms with van der Waals surface area (Å²) in [4.78, 5) is 26.2. The summed E-state index contributed by atoms with van der Waals surface area (Å²) in [6.07, 6.45) is 2.59. The zero-order chi connectivity index (χ0) is 12.8. The molecular weight excluding hydrogens is 248 g/mol.